The molecular weight excluding hydrogens is 266 g/mol. The molecule has 0 heterocycles. The Kier molecular flexibility index (Phi) is 5.11. The summed E-state index contributed by atoms with van der Waals surface area (Å²) in [4.78, 5) is 11.6. The van der Waals surface area contributed by atoms with Crippen LogP contribution in [0.1, 0.15) is 19.8 Å². The summed E-state index contributed by atoms with van der Waals surface area (Å²) in [6.07, 6.45) is 2.35. The van der Waals surface area contributed by atoms with Crippen LogP contribution in [-0.2, 0) is 14.6 Å². The number of rotatable bonds is 6. The van der Waals surface area contributed by atoms with Crippen LogP contribution in [0.2, 0.25) is 0 Å². The molecule has 0 fully saturated rings. The van der Waals surface area contributed by atoms with Crippen LogP contribution in [0.4, 0.5) is 5.69 Å². The minimum absolute atomic E-state index is 0.0401. The molecule has 0 spiro atoms. The normalized spacial score (nSPS) is 11.0. The fraction of sp³-hybridized carbons (Fsp3) is 0.308. The molecule has 0 unspecified atom stereocenters. The zero-order valence-electron chi connectivity index (χ0n) is 10.7. The molecule has 0 bridgehead atoms. The van der Waals surface area contributed by atoms with Crippen molar-refractivity contribution in [2.75, 3.05) is 11.1 Å². The van der Waals surface area contributed by atoms with E-state index in [0.29, 0.717) is 6.42 Å². The number of carbonyl (C=O) groups is 1. The van der Waals surface area contributed by atoms with E-state index in [9.17, 15) is 18.3 Å². The molecule has 1 rings (SSSR count). The molecule has 0 saturated heterocycles. The van der Waals surface area contributed by atoms with Crippen molar-refractivity contribution in [1.29, 1.82) is 0 Å². The summed E-state index contributed by atoms with van der Waals surface area (Å²) in [7, 11) is -3.37. The molecule has 0 aliphatic carbocycles. The Balaban J connectivity index is 2.98. The molecule has 1 aromatic rings. The van der Waals surface area contributed by atoms with E-state index in [1.807, 2.05) is 0 Å². The van der Waals surface area contributed by atoms with E-state index in [1.54, 1.807) is 6.08 Å². The first kappa shape index (κ1) is 15.2. The van der Waals surface area contributed by atoms with Crippen LogP contribution in [0.15, 0.2) is 35.7 Å². The van der Waals surface area contributed by atoms with Gasteiger partial charge in [-0.15, -0.1) is 6.58 Å². The summed E-state index contributed by atoms with van der Waals surface area (Å²) in [5.74, 6) is -0.509. The number of phenolic OH excluding ortho intramolecular Hbond substituents is 1. The first-order valence-electron chi connectivity index (χ1n) is 5.87. The van der Waals surface area contributed by atoms with Crippen molar-refractivity contribution in [2.45, 2.75) is 24.7 Å². The largest absolute Gasteiger partial charge is 0.506 e. The van der Waals surface area contributed by atoms with Gasteiger partial charge in [0.15, 0.2) is 9.84 Å². The van der Waals surface area contributed by atoms with Gasteiger partial charge in [0.2, 0.25) is 5.91 Å². The van der Waals surface area contributed by atoms with Crippen LogP contribution >= 0.6 is 0 Å². The van der Waals surface area contributed by atoms with Gasteiger partial charge in [0.25, 0.3) is 0 Å². The van der Waals surface area contributed by atoms with Gasteiger partial charge < -0.3 is 10.4 Å². The SMILES string of the molecule is C=CCCC(=O)Nc1cc(S(=O)(=O)CC)ccc1O. The maximum absolute atomic E-state index is 11.7. The second kappa shape index (κ2) is 6.38. The zero-order chi connectivity index (χ0) is 14.5. The lowest BCUT2D eigenvalue weighted by atomic mass is 10.2. The van der Waals surface area contributed by atoms with E-state index in [1.165, 1.54) is 25.1 Å². The zero-order valence-corrected chi connectivity index (χ0v) is 11.5. The summed E-state index contributed by atoms with van der Waals surface area (Å²) in [5, 5.41) is 12.1. The van der Waals surface area contributed by atoms with Gasteiger partial charge in [-0.05, 0) is 24.6 Å². The first-order valence-corrected chi connectivity index (χ1v) is 7.52. The molecule has 0 atom stereocenters. The minimum Gasteiger partial charge on any atom is -0.506 e. The Hall–Kier alpha value is -1.82. The first-order chi connectivity index (χ1) is 8.90. The van der Waals surface area contributed by atoms with Gasteiger partial charge in [-0.2, -0.15) is 0 Å². The molecule has 5 nitrogen and oxygen atoms in total. The lowest BCUT2D eigenvalue weighted by Gasteiger charge is -2.09. The van der Waals surface area contributed by atoms with E-state index in [-0.39, 0.29) is 34.4 Å². The molecule has 0 aliphatic rings. The molecule has 104 valence electrons. The quantitative estimate of drug-likeness (QED) is 0.618. The van der Waals surface area contributed by atoms with Crippen molar-refractivity contribution in [3.8, 4) is 5.75 Å². The molecule has 1 aromatic carbocycles. The molecule has 19 heavy (non-hydrogen) atoms. The van der Waals surface area contributed by atoms with E-state index >= 15 is 0 Å². The van der Waals surface area contributed by atoms with E-state index in [2.05, 4.69) is 11.9 Å². The number of benzene rings is 1. The average molecular weight is 283 g/mol. The van der Waals surface area contributed by atoms with Gasteiger partial charge in [0.05, 0.1) is 16.3 Å². The Bertz CT molecular complexity index is 578. The molecule has 6 heteroatoms. The third-order valence-electron chi connectivity index (χ3n) is 2.56. The molecule has 0 radical (unpaired) electrons. The van der Waals surface area contributed by atoms with E-state index < -0.39 is 9.84 Å². The number of sulfone groups is 1. The molecule has 0 aromatic heterocycles. The monoisotopic (exact) mass is 283 g/mol. The van der Waals surface area contributed by atoms with Crippen LogP contribution in [0.3, 0.4) is 0 Å². The minimum atomic E-state index is -3.37. The third-order valence-corrected chi connectivity index (χ3v) is 4.29. The fourth-order valence-corrected chi connectivity index (χ4v) is 2.33. The number of hydrogen-bond acceptors (Lipinski definition) is 4. The summed E-state index contributed by atoms with van der Waals surface area (Å²) in [6, 6.07) is 3.83. The highest BCUT2D eigenvalue weighted by Crippen LogP contribution is 2.27. The predicted molar refractivity (Wildman–Crippen MR) is 73.9 cm³/mol. The number of anilines is 1. The summed E-state index contributed by atoms with van der Waals surface area (Å²) >= 11 is 0. The van der Waals surface area contributed by atoms with Gasteiger partial charge in [-0.25, -0.2) is 8.42 Å². The predicted octanol–water partition coefficient (Wildman–Crippen LogP) is 2.09. The number of allylic oxidation sites excluding steroid dienone is 1. The topological polar surface area (TPSA) is 83.5 Å². The highest BCUT2D eigenvalue weighted by molar-refractivity contribution is 7.91. The van der Waals surface area contributed by atoms with Crippen LogP contribution in [-0.4, -0.2) is 25.2 Å². The fourth-order valence-electron chi connectivity index (χ4n) is 1.42. The Labute approximate surface area is 112 Å². The number of carbonyl (C=O) groups excluding carboxylic acids is 1. The molecular formula is C13H17NO4S. The maximum atomic E-state index is 11.7. The highest BCUT2D eigenvalue weighted by Gasteiger charge is 2.15. The summed E-state index contributed by atoms with van der Waals surface area (Å²) in [6.45, 7) is 5.04. The number of amides is 1. The summed E-state index contributed by atoms with van der Waals surface area (Å²) < 4.78 is 23.4. The lowest BCUT2D eigenvalue weighted by molar-refractivity contribution is -0.116. The van der Waals surface area contributed by atoms with Crippen LogP contribution in [0.25, 0.3) is 0 Å². The van der Waals surface area contributed by atoms with Crippen molar-refractivity contribution in [3.63, 3.8) is 0 Å². The molecule has 0 aliphatic heterocycles. The van der Waals surface area contributed by atoms with E-state index in [0.717, 1.165) is 0 Å². The lowest BCUT2D eigenvalue weighted by Crippen LogP contribution is -2.12. The van der Waals surface area contributed by atoms with Gasteiger partial charge in [0, 0.05) is 6.42 Å². The molecule has 1 amide bonds. The number of nitrogens with one attached hydrogen (secondary N) is 1. The van der Waals surface area contributed by atoms with Crippen LogP contribution in [0.5, 0.6) is 5.75 Å². The van der Waals surface area contributed by atoms with Crippen molar-refractivity contribution in [3.05, 3.63) is 30.9 Å². The highest BCUT2D eigenvalue weighted by atomic mass is 32.2. The summed E-state index contributed by atoms with van der Waals surface area (Å²) in [5.41, 5.74) is 0.101. The number of phenols is 1. The number of aromatic hydroxyl groups is 1. The standard InChI is InChI=1S/C13H17NO4S/c1-3-5-6-13(16)14-11-9-10(7-8-12(11)15)19(17,18)4-2/h3,7-9,15H,1,4-6H2,2H3,(H,14,16). The van der Waals surface area contributed by atoms with Crippen molar-refractivity contribution >= 4 is 21.4 Å². The smallest absolute Gasteiger partial charge is 0.224 e. The van der Waals surface area contributed by atoms with Gasteiger partial charge in [-0.1, -0.05) is 13.0 Å². The van der Waals surface area contributed by atoms with Gasteiger partial charge >= 0.3 is 0 Å². The van der Waals surface area contributed by atoms with Crippen LogP contribution < -0.4 is 5.32 Å². The van der Waals surface area contributed by atoms with Crippen molar-refractivity contribution in [1.82, 2.24) is 0 Å². The Morgan fingerprint density at radius 3 is 2.74 bits per heavy atom. The van der Waals surface area contributed by atoms with Crippen molar-refractivity contribution in [2.24, 2.45) is 0 Å². The van der Waals surface area contributed by atoms with Gasteiger partial charge in [-0.3, -0.25) is 4.79 Å². The van der Waals surface area contributed by atoms with E-state index in [4.69, 9.17) is 0 Å². The van der Waals surface area contributed by atoms with Crippen molar-refractivity contribution < 1.29 is 18.3 Å². The number of hydrogen-bond donors (Lipinski definition) is 2. The Morgan fingerprint density at radius 2 is 2.16 bits per heavy atom. The second-order valence-electron chi connectivity index (χ2n) is 3.96. The van der Waals surface area contributed by atoms with Crippen LogP contribution in [0, 0.1) is 0 Å². The molecule has 0 saturated carbocycles. The maximum Gasteiger partial charge on any atom is 0.224 e. The average Bonchev–Trinajstić information content (AvgIpc) is 2.38. The Morgan fingerprint density at radius 1 is 1.47 bits per heavy atom. The molecule has 2 N–H and O–H groups in total. The van der Waals surface area contributed by atoms with Gasteiger partial charge in [0.1, 0.15) is 5.75 Å². The second-order valence-corrected chi connectivity index (χ2v) is 6.24. The third kappa shape index (κ3) is 4.10.